The second-order valence-electron chi connectivity index (χ2n) is 7.06. The zero-order valence-corrected chi connectivity index (χ0v) is 17.1. The second-order valence-corrected chi connectivity index (χ2v) is 7.06. The normalized spacial score (nSPS) is 12.6. The Bertz CT molecular complexity index is 898. The number of rotatable bonds is 7. The van der Waals surface area contributed by atoms with E-state index in [0.29, 0.717) is 36.9 Å². The molecule has 2 aromatic rings. The van der Waals surface area contributed by atoms with E-state index in [1.807, 2.05) is 39.0 Å². The van der Waals surface area contributed by atoms with Crippen molar-refractivity contribution in [1.29, 1.82) is 0 Å². The first-order valence-electron chi connectivity index (χ1n) is 9.73. The summed E-state index contributed by atoms with van der Waals surface area (Å²) in [6.07, 6.45) is 0. The molecule has 0 spiro atoms. The van der Waals surface area contributed by atoms with Gasteiger partial charge in [-0.2, -0.15) is 0 Å². The third-order valence-corrected chi connectivity index (χ3v) is 4.80. The van der Waals surface area contributed by atoms with Crippen molar-refractivity contribution in [3.63, 3.8) is 0 Å². The molecule has 1 heterocycles. The van der Waals surface area contributed by atoms with Crippen LogP contribution in [0.4, 0.5) is 11.4 Å². The van der Waals surface area contributed by atoms with Crippen LogP contribution in [0.5, 0.6) is 11.5 Å². The number of ether oxygens (including phenoxy) is 2. The van der Waals surface area contributed by atoms with E-state index in [1.54, 1.807) is 23.1 Å². The van der Waals surface area contributed by atoms with Crippen LogP contribution in [0.1, 0.15) is 18.1 Å². The summed E-state index contributed by atoms with van der Waals surface area (Å²) in [5.74, 6) is 0.950. The number of benzene rings is 2. The SMILES string of the molecule is CCN(CC(=O)Nc1ccc(C)c(C)c1)CC(=O)Nc1ccc2c(c1)OCCO2. The second kappa shape index (κ2) is 9.43. The summed E-state index contributed by atoms with van der Waals surface area (Å²) in [5, 5.41) is 5.73. The first kappa shape index (κ1) is 20.7. The minimum Gasteiger partial charge on any atom is -0.486 e. The smallest absolute Gasteiger partial charge is 0.238 e. The van der Waals surface area contributed by atoms with Crippen molar-refractivity contribution in [3.8, 4) is 11.5 Å². The quantitative estimate of drug-likeness (QED) is 0.751. The summed E-state index contributed by atoms with van der Waals surface area (Å²) in [6.45, 7) is 7.79. The number of amides is 2. The monoisotopic (exact) mass is 397 g/mol. The molecule has 0 bridgehead atoms. The number of nitrogens with one attached hydrogen (secondary N) is 2. The summed E-state index contributed by atoms with van der Waals surface area (Å²) in [6, 6.07) is 11.1. The lowest BCUT2D eigenvalue weighted by Gasteiger charge is -2.21. The van der Waals surface area contributed by atoms with Crippen molar-refractivity contribution in [2.24, 2.45) is 0 Å². The molecule has 0 aromatic heterocycles. The molecule has 2 N–H and O–H groups in total. The van der Waals surface area contributed by atoms with Crippen LogP contribution in [-0.4, -0.2) is 49.6 Å². The van der Waals surface area contributed by atoms with Crippen molar-refractivity contribution in [1.82, 2.24) is 4.90 Å². The van der Waals surface area contributed by atoms with Gasteiger partial charge < -0.3 is 20.1 Å². The fourth-order valence-electron chi connectivity index (χ4n) is 3.03. The van der Waals surface area contributed by atoms with E-state index < -0.39 is 0 Å². The fraction of sp³-hybridized carbons (Fsp3) is 0.364. The highest BCUT2D eigenvalue weighted by molar-refractivity contribution is 5.95. The third kappa shape index (κ3) is 5.71. The van der Waals surface area contributed by atoms with Gasteiger partial charge in [0.25, 0.3) is 0 Å². The zero-order chi connectivity index (χ0) is 20.8. The highest BCUT2D eigenvalue weighted by atomic mass is 16.6. The lowest BCUT2D eigenvalue weighted by atomic mass is 10.1. The van der Waals surface area contributed by atoms with Gasteiger partial charge >= 0.3 is 0 Å². The molecule has 0 saturated carbocycles. The maximum Gasteiger partial charge on any atom is 0.238 e. The van der Waals surface area contributed by atoms with Crippen LogP contribution in [0.25, 0.3) is 0 Å². The number of hydrogen-bond acceptors (Lipinski definition) is 5. The Morgan fingerprint density at radius 2 is 1.45 bits per heavy atom. The molecule has 0 aliphatic carbocycles. The standard InChI is InChI=1S/C22H27N3O4/c1-4-25(13-21(26)23-17-6-5-15(2)16(3)11-17)14-22(27)24-18-7-8-19-20(12-18)29-10-9-28-19/h5-8,11-12H,4,9-10,13-14H2,1-3H3,(H,23,26)(H,24,27). The number of aryl methyl sites for hydroxylation is 2. The Morgan fingerprint density at radius 1 is 0.862 bits per heavy atom. The van der Waals surface area contributed by atoms with E-state index in [-0.39, 0.29) is 24.9 Å². The summed E-state index contributed by atoms with van der Waals surface area (Å²) in [4.78, 5) is 26.6. The number of hydrogen-bond donors (Lipinski definition) is 2. The van der Waals surface area contributed by atoms with Crippen molar-refractivity contribution in [3.05, 3.63) is 47.5 Å². The Kier molecular flexibility index (Phi) is 6.72. The van der Waals surface area contributed by atoms with E-state index in [0.717, 1.165) is 11.3 Å². The third-order valence-electron chi connectivity index (χ3n) is 4.80. The van der Waals surface area contributed by atoms with Gasteiger partial charge in [-0.1, -0.05) is 13.0 Å². The highest BCUT2D eigenvalue weighted by Gasteiger charge is 2.16. The zero-order valence-electron chi connectivity index (χ0n) is 17.1. The van der Waals surface area contributed by atoms with Gasteiger partial charge in [0, 0.05) is 17.4 Å². The molecule has 7 heteroatoms. The average molecular weight is 397 g/mol. The molecular weight excluding hydrogens is 370 g/mol. The van der Waals surface area contributed by atoms with Gasteiger partial charge in [-0.3, -0.25) is 14.5 Å². The van der Waals surface area contributed by atoms with Gasteiger partial charge in [0.2, 0.25) is 11.8 Å². The number of likely N-dealkylation sites (N-methyl/N-ethyl adjacent to an activating group) is 1. The van der Waals surface area contributed by atoms with Gasteiger partial charge in [0.15, 0.2) is 11.5 Å². The number of nitrogens with zero attached hydrogens (tertiary/aromatic N) is 1. The van der Waals surface area contributed by atoms with E-state index in [4.69, 9.17) is 9.47 Å². The predicted octanol–water partition coefficient (Wildman–Crippen LogP) is 2.97. The van der Waals surface area contributed by atoms with E-state index in [9.17, 15) is 9.59 Å². The molecule has 0 fully saturated rings. The summed E-state index contributed by atoms with van der Waals surface area (Å²) >= 11 is 0. The molecule has 0 atom stereocenters. The average Bonchev–Trinajstić information content (AvgIpc) is 2.70. The summed E-state index contributed by atoms with van der Waals surface area (Å²) in [5.41, 5.74) is 3.69. The van der Waals surface area contributed by atoms with Crippen molar-refractivity contribution in [2.75, 3.05) is 43.5 Å². The molecule has 1 aliphatic heterocycles. The molecule has 1 aliphatic rings. The minimum atomic E-state index is -0.192. The van der Waals surface area contributed by atoms with Crippen LogP contribution >= 0.6 is 0 Å². The molecule has 2 aromatic carbocycles. The topological polar surface area (TPSA) is 79.9 Å². The Hall–Kier alpha value is -3.06. The highest BCUT2D eigenvalue weighted by Crippen LogP contribution is 2.32. The largest absolute Gasteiger partial charge is 0.486 e. The maximum atomic E-state index is 12.4. The Balaban J connectivity index is 1.52. The van der Waals surface area contributed by atoms with Crippen LogP contribution in [0.15, 0.2) is 36.4 Å². The lowest BCUT2D eigenvalue weighted by Crippen LogP contribution is -2.38. The molecule has 2 amide bonds. The van der Waals surface area contributed by atoms with Crippen molar-refractivity contribution < 1.29 is 19.1 Å². The number of anilines is 2. The van der Waals surface area contributed by atoms with Gasteiger partial charge in [-0.15, -0.1) is 0 Å². The summed E-state index contributed by atoms with van der Waals surface area (Å²) in [7, 11) is 0. The Morgan fingerprint density at radius 3 is 2.07 bits per heavy atom. The molecule has 3 rings (SSSR count). The van der Waals surface area contributed by atoms with Crippen LogP contribution in [0.2, 0.25) is 0 Å². The first-order chi connectivity index (χ1) is 13.9. The van der Waals surface area contributed by atoms with Crippen LogP contribution in [-0.2, 0) is 9.59 Å². The lowest BCUT2D eigenvalue weighted by molar-refractivity contribution is -0.119. The minimum absolute atomic E-state index is 0.116. The van der Waals surface area contributed by atoms with Gasteiger partial charge in [0.05, 0.1) is 13.1 Å². The van der Waals surface area contributed by atoms with E-state index in [2.05, 4.69) is 10.6 Å². The number of carbonyl (C=O) groups excluding carboxylic acids is 2. The number of carbonyl (C=O) groups is 2. The molecule has 0 unspecified atom stereocenters. The molecule has 7 nitrogen and oxygen atoms in total. The van der Waals surface area contributed by atoms with Crippen LogP contribution in [0, 0.1) is 13.8 Å². The fourth-order valence-corrected chi connectivity index (χ4v) is 3.03. The summed E-state index contributed by atoms with van der Waals surface area (Å²) < 4.78 is 11.0. The Labute approximate surface area is 171 Å². The molecule has 0 radical (unpaired) electrons. The molecular formula is C22H27N3O4. The maximum absolute atomic E-state index is 12.4. The molecule has 154 valence electrons. The molecule has 0 saturated heterocycles. The van der Waals surface area contributed by atoms with Gasteiger partial charge in [-0.25, -0.2) is 0 Å². The van der Waals surface area contributed by atoms with Crippen LogP contribution in [0.3, 0.4) is 0 Å². The van der Waals surface area contributed by atoms with Crippen LogP contribution < -0.4 is 20.1 Å². The molecule has 29 heavy (non-hydrogen) atoms. The van der Waals surface area contributed by atoms with Gasteiger partial charge in [0.1, 0.15) is 13.2 Å². The van der Waals surface area contributed by atoms with Crippen molar-refractivity contribution in [2.45, 2.75) is 20.8 Å². The van der Waals surface area contributed by atoms with E-state index in [1.165, 1.54) is 5.56 Å². The van der Waals surface area contributed by atoms with E-state index >= 15 is 0 Å². The van der Waals surface area contributed by atoms with Crippen molar-refractivity contribution >= 4 is 23.2 Å². The number of fused-ring (bicyclic) bond motifs is 1. The predicted molar refractivity (Wildman–Crippen MR) is 113 cm³/mol. The van der Waals surface area contributed by atoms with Gasteiger partial charge in [-0.05, 0) is 55.8 Å². The first-order valence-corrected chi connectivity index (χ1v) is 9.73.